The van der Waals surface area contributed by atoms with Crippen LogP contribution in [0.15, 0.2) is 10.7 Å². The van der Waals surface area contributed by atoms with Gasteiger partial charge in [0.2, 0.25) is 0 Å². The molecule has 3 rings (SSSR count). The van der Waals surface area contributed by atoms with Gasteiger partial charge < -0.3 is 9.84 Å². The van der Waals surface area contributed by atoms with Gasteiger partial charge in [-0.25, -0.2) is 4.98 Å². The second kappa shape index (κ2) is 5.99. The van der Waals surface area contributed by atoms with E-state index < -0.39 is 0 Å². The second-order valence-corrected chi connectivity index (χ2v) is 6.15. The van der Waals surface area contributed by atoms with Crippen molar-refractivity contribution in [2.75, 3.05) is 26.2 Å². The van der Waals surface area contributed by atoms with Gasteiger partial charge in [-0.15, -0.1) is 11.3 Å². The number of aryl methyl sites for hydroxylation is 1. The molecule has 20 heavy (non-hydrogen) atoms. The van der Waals surface area contributed by atoms with Crippen LogP contribution in [-0.4, -0.2) is 46.2 Å². The zero-order chi connectivity index (χ0) is 13.9. The van der Waals surface area contributed by atoms with Crippen LogP contribution in [-0.2, 0) is 0 Å². The number of nitrogens with zero attached hydrogens (tertiary/aromatic N) is 4. The number of thiazole rings is 1. The van der Waals surface area contributed by atoms with Crippen molar-refractivity contribution in [1.82, 2.24) is 25.3 Å². The Balaban J connectivity index is 1.80. The molecule has 0 amide bonds. The van der Waals surface area contributed by atoms with Crippen molar-refractivity contribution >= 4 is 11.3 Å². The molecule has 2 aromatic heterocycles. The lowest BCUT2D eigenvalue weighted by Crippen LogP contribution is -2.45. The first-order valence-electron chi connectivity index (χ1n) is 6.99. The summed E-state index contributed by atoms with van der Waals surface area (Å²) in [5, 5.41) is 8.55. The van der Waals surface area contributed by atoms with Crippen molar-refractivity contribution in [2.45, 2.75) is 26.3 Å². The van der Waals surface area contributed by atoms with Crippen molar-refractivity contribution in [2.24, 2.45) is 0 Å². The van der Waals surface area contributed by atoms with Crippen LogP contribution in [0.5, 0.6) is 0 Å². The third kappa shape index (κ3) is 2.74. The smallest absolute Gasteiger partial charge is 0.269 e. The second-order valence-electron chi connectivity index (χ2n) is 4.91. The number of nitrogens with one attached hydrogen (secondary N) is 1. The minimum atomic E-state index is 0.239. The first-order chi connectivity index (χ1) is 9.78. The SMILES string of the molecule is CCC(c1noc(-c2cnc(C)s2)n1)N1CCNCC1. The normalized spacial score (nSPS) is 18.3. The van der Waals surface area contributed by atoms with Crippen LogP contribution in [0.1, 0.15) is 30.2 Å². The van der Waals surface area contributed by atoms with Crippen molar-refractivity contribution < 1.29 is 4.52 Å². The highest BCUT2D eigenvalue weighted by Crippen LogP contribution is 2.27. The molecule has 1 atom stereocenters. The quantitative estimate of drug-likeness (QED) is 0.928. The minimum absolute atomic E-state index is 0.239. The molecule has 1 unspecified atom stereocenters. The van der Waals surface area contributed by atoms with E-state index in [1.54, 1.807) is 17.5 Å². The van der Waals surface area contributed by atoms with E-state index in [1.165, 1.54) is 0 Å². The average molecular weight is 293 g/mol. The molecule has 1 N–H and O–H groups in total. The molecule has 3 heterocycles. The largest absolute Gasteiger partial charge is 0.333 e. The molecule has 6 nitrogen and oxygen atoms in total. The van der Waals surface area contributed by atoms with E-state index in [-0.39, 0.29) is 6.04 Å². The lowest BCUT2D eigenvalue weighted by atomic mass is 10.1. The Morgan fingerprint density at radius 3 is 2.90 bits per heavy atom. The monoisotopic (exact) mass is 293 g/mol. The van der Waals surface area contributed by atoms with Gasteiger partial charge in [-0.3, -0.25) is 4.90 Å². The zero-order valence-corrected chi connectivity index (χ0v) is 12.6. The molecule has 1 aliphatic rings. The van der Waals surface area contributed by atoms with Gasteiger partial charge in [-0.2, -0.15) is 4.98 Å². The van der Waals surface area contributed by atoms with E-state index >= 15 is 0 Å². The summed E-state index contributed by atoms with van der Waals surface area (Å²) in [5.41, 5.74) is 0. The van der Waals surface area contributed by atoms with E-state index in [0.29, 0.717) is 5.89 Å². The summed E-state index contributed by atoms with van der Waals surface area (Å²) in [6.07, 6.45) is 2.78. The van der Waals surface area contributed by atoms with E-state index in [4.69, 9.17) is 4.52 Å². The molecule has 1 aliphatic heterocycles. The topological polar surface area (TPSA) is 67.1 Å². The average Bonchev–Trinajstić information content (AvgIpc) is 3.10. The molecule has 0 aliphatic carbocycles. The van der Waals surface area contributed by atoms with Gasteiger partial charge in [-0.1, -0.05) is 12.1 Å². The fraction of sp³-hybridized carbons (Fsp3) is 0.615. The number of rotatable bonds is 4. The van der Waals surface area contributed by atoms with Crippen LogP contribution in [0.2, 0.25) is 0 Å². The van der Waals surface area contributed by atoms with Crippen LogP contribution in [0.4, 0.5) is 0 Å². The van der Waals surface area contributed by atoms with Gasteiger partial charge in [0.25, 0.3) is 5.89 Å². The molecule has 0 bridgehead atoms. The van der Waals surface area contributed by atoms with E-state index in [2.05, 4.69) is 32.3 Å². The standard InChI is InChI=1S/C13H19N5OS/c1-3-10(18-6-4-14-5-7-18)12-16-13(19-17-12)11-8-15-9(2)20-11/h8,10,14H,3-7H2,1-2H3. The van der Waals surface area contributed by atoms with E-state index in [0.717, 1.165) is 48.3 Å². The molecule has 108 valence electrons. The molecule has 0 saturated carbocycles. The highest BCUT2D eigenvalue weighted by Gasteiger charge is 2.25. The lowest BCUT2D eigenvalue weighted by Gasteiger charge is -2.32. The van der Waals surface area contributed by atoms with Crippen molar-refractivity contribution in [3.05, 3.63) is 17.0 Å². The van der Waals surface area contributed by atoms with Crippen LogP contribution in [0, 0.1) is 6.92 Å². The highest BCUT2D eigenvalue weighted by atomic mass is 32.1. The molecule has 0 aromatic carbocycles. The van der Waals surface area contributed by atoms with E-state index in [9.17, 15) is 0 Å². The summed E-state index contributed by atoms with van der Waals surface area (Å²) in [6.45, 7) is 8.25. The van der Waals surface area contributed by atoms with Crippen LogP contribution in [0.25, 0.3) is 10.8 Å². The first-order valence-corrected chi connectivity index (χ1v) is 7.80. The summed E-state index contributed by atoms with van der Waals surface area (Å²) >= 11 is 1.58. The Kier molecular flexibility index (Phi) is 4.09. The molecule has 2 aromatic rings. The number of hydrogen-bond acceptors (Lipinski definition) is 7. The molecule has 0 radical (unpaired) electrons. The number of piperazine rings is 1. The fourth-order valence-corrected chi connectivity index (χ4v) is 3.23. The lowest BCUT2D eigenvalue weighted by molar-refractivity contribution is 0.160. The van der Waals surface area contributed by atoms with Gasteiger partial charge >= 0.3 is 0 Å². The van der Waals surface area contributed by atoms with Gasteiger partial charge in [0.1, 0.15) is 4.88 Å². The maximum atomic E-state index is 5.40. The summed E-state index contributed by atoms with van der Waals surface area (Å²) in [7, 11) is 0. The van der Waals surface area contributed by atoms with Gasteiger partial charge in [0.05, 0.1) is 17.2 Å². The van der Waals surface area contributed by atoms with Gasteiger partial charge in [-0.05, 0) is 13.3 Å². The maximum absolute atomic E-state index is 5.40. The molecule has 1 saturated heterocycles. The molecular weight excluding hydrogens is 274 g/mol. The highest BCUT2D eigenvalue weighted by molar-refractivity contribution is 7.14. The summed E-state index contributed by atoms with van der Waals surface area (Å²) in [6, 6.07) is 0.239. The molecule has 1 fully saturated rings. The summed E-state index contributed by atoms with van der Waals surface area (Å²) in [5.74, 6) is 1.37. The van der Waals surface area contributed by atoms with Crippen LogP contribution < -0.4 is 5.32 Å². The molecule has 7 heteroatoms. The third-order valence-electron chi connectivity index (χ3n) is 3.55. The Hall–Kier alpha value is -1.31. The molecular formula is C13H19N5OS. The number of aromatic nitrogens is 3. The molecule has 0 spiro atoms. The van der Waals surface area contributed by atoms with Crippen LogP contribution >= 0.6 is 11.3 Å². The Morgan fingerprint density at radius 1 is 1.45 bits per heavy atom. The van der Waals surface area contributed by atoms with Crippen molar-refractivity contribution in [1.29, 1.82) is 0 Å². The predicted octanol–water partition coefficient (Wildman–Crippen LogP) is 1.86. The van der Waals surface area contributed by atoms with E-state index in [1.807, 2.05) is 6.92 Å². The fourth-order valence-electron chi connectivity index (χ4n) is 2.53. The van der Waals surface area contributed by atoms with Crippen molar-refractivity contribution in [3.8, 4) is 10.8 Å². The Labute approximate surface area is 122 Å². The number of hydrogen-bond donors (Lipinski definition) is 1. The van der Waals surface area contributed by atoms with Gasteiger partial charge in [0, 0.05) is 26.2 Å². The summed E-state index contributed by atoms with van der Waals surface area (Å²) < 4.78 is 5.40. The Morgan fingerprint density at radius 2 is 2.25 bits per heavy atom. The maximum Gasteiger partial charge on any atom is 0.269 e. The summed E-state index contributed by atoms with van der Waals surface area (Å²) in [4.78, 5) is 12.2. The van der Waals surface area contributed by atoms with Gasteiger partial charge in [0.15, 0.2) is 5.82 Å². The predicted molar refractivity (Wildman–Crippen MR) is 77.6 cm³/mol. The Bertz CT molecular complexity index is 561. The van der Waals surface area contributed by atoms with Crippen molar-refractivity contribution in [3.63, 3.8) is 0 Å². The van der Waals surface area contributed by atoms with Crippen LogP contribution in [0.3, 0.4) is 0 Å². The first kappa shape index (κ1) is 13.7. The zero-order valence-electron chi connectivity index (χ0n) is 11.8. The minimum Gasteiger partial charge on any atom is -0.333 e. The third-order valence-corrected chi connectivity index (χ3v) is 4.45.